The molecule has 0 bridgehead atoms. The van der Waals surface area contributed by atoms with Crippen LogP contribution in [0.2, 0.25) is 10.0 Å². The Labute approximate surface area is 166 Å². The minimum Gasteiger partial charge on any atom is -0.314 e. The lowest BCUT2D eigenvalue weighted by Crippen LogP contribution is -2.47. The number of nitrogens with one attached hydrogen (secondary N) is 1. The van der Waals surface area contributed by atoms with Crippen LogP contribution in [0.4, 0.5) is 4.39 Å². The second kappa shape index (κ2) is 10.4. The summed E-state index contributed by atoms with van der Waals surface area (Å²) in [6.07, 6.45) is 6.05. The molecule has 0 aromatic heterocycles. The van der Waals surface area contributed by atoms with Crippen molar-refractivity contribution < 1.29 is 4.39 Å². The van der Waals surface area contributed by atoms with Gasteiger partial charge in [0.1, 0.15) is 5.82 Å². The maximum Gasteiger partial charge on any atom is 0.129 e. The van der Waals surface area contributed by atoms with Crippen molar-refractivity contribution in [1.29, 1.82) is 0 Å². The van der Waals surface area contributed by atoms with Crippen molar-refractivity contribution in [3.8, 4) is 0 Å². The number of nitrogens with zero attached hydrogens (tertiary/aromatic N) is 1. The van der Waals surface area contributed by atoms with Gasteiger partial charge >= 0.3 is 0 Å². The molecule has 3 rings (SSSR count). The SMILES string of the molecule is Cl.Cl.Fc1ccc(Cl)c(Cl)c1[C@H](C1CCCCC1)N1CCNCC1. The zero-order valence-corrected chi connectivity index (χ0v) is 16.7. The molecule has 0 radical (unpaired) electrons. The van der Waals surface area contributed by atoms with Crippen LogP contribution in [0.3, 0.4) is 0 Å². The zero-order valence-electron chi connectivity index (χ0n) is 13.6. The minimum atomic E-state index is -0.219. The van der Waals surface area contributed by atoms with Gasteiger partial charge in [0.2, 0.25) is 0 Å². The van der Waals surface area contributed by atoms with Crippen molar-refractivity contribution in [1.82, 2.24) is 10.2 Å². The molecule has 0 amide bonds. The highest BCUT2D eigenvalue weighted by atomic mass is 35.5. The molecule has 2 nitrogen and oxygen atoms in total. The first-order valence-electron chi connectivity index (χ1n) is 8.26. The highest BCUT2D eigenvalue weighted by molar-refractivity contribution is 6.42. The smallest absolute Gasteiger partial charge is 0.129 e. The average molecular weight is 418 g/mol. The highest BCUT2D eigenvalue weighted by Crippen LogP contribution is 2.43. The van der Waals surface area contributed by atoms with Crippen molar-refractivity contribution in [2.24, 2.45) is 5.92 Å². The maximum atomic E-state index is 14.6. The Bertz CT molecular complexity index is 500. The lowest BCUT2D eigenvalue weighted by molar-refractivity contribution is 0.101. The maximum absolute atomic E-state index is 14.6. The molecule has 1 heterocycles. The summed E-state index contributed by atoms with van der Waals surface area (Å²) >= 11 is 12.6. The van der Waals surface area contributed by atoms with Crippen molar-refractivity contribution in [3.63, 3.8) is 0 Å². The number of rotatable bonds is 3. The van der Waals surface area contributed by atoms with E-state index in [9.17, 15) is 4.39 Å². The lowest BCUT2D eigenvalue weighted by Gasteiger charge is -2.41. The van der Waals surface area contributed by atoms with Gasteiger partial charge in [-0.05, 0) is 30.9 Å². The van der Waals surface area contributed by atoms with Gasteiger partial charge in [0.15, 0.2) is 0 Å². The molecule has 1 N–H and O–H groups in total. The first-order valence-corrected chi connectivity index (χ1v) is 9.02. The molecule has 0 unspecified atom stereocenters. The number of halogens is 5. The number of benzene rings is 1. The van der Waals surface area contributed by atoms with Crippen LogP contribution in [0.15, 0.2) is 12.1 Å². The van der Waals surface area contributed by atoms with Gasteiger partial charge in [-0.3, -0.25) is 4.90 Å². The normalized spacial score (nSPS) is 20.8. The Morgan fingerprint density at radius 3 is 2.29 bits per heavy atom. The summed E-state index contributed by atoms with van der Waals surface area (Å²) in [7, 11) is 0. The van der Waals surface area contributed by atoms with E-state index in [0.29, 0.717) is 21.5 Å². The minimum absolute atomic E-state index is 0. The Kier molecular flexibility index (Phi) is 9.65. The molecule has 1 aliphatic carbocycles. The Balaban J connectivity index is 0.00000144. The second-order valence-electron chi connectivity index (χ2n) is 6.39. The Morgan fingerprint density at radius 1 is 1.04 bits per heavy atom. The van der Waals surface area contributed by atoms with Gasteiger partial charge < -0.3 is 5.32 Å². The summed E-state index contributed by atoms with van der Waals surface area (Å²) in [5.41, 5.74) is 0.614. The van der Waals surface area contributed by atoms with Crippen LogP contribution in [-0.2, 0) is 0 Å². The lowest BCUT2D eigenvalue weighted by atomic mass is 9.80. The zero-order chi connectivity index (χ0) is 15.5. The summed E-state index contributed by atoms with van der Waals surface area (Å²) in [5.74, 6) is 0.251. The largest absolute Gasteiger partial charge is 0.314 e. The van der Waals surface area contributed by atoms with Crippen LogP contribution < -0.4 is 5.32 Å². The fraction of sp³-hybridized carbons (Fsp3) is 0.647. The molecule has 1 saturated heterocycles. The first-order chi connectivity index (χ1) is 10.7. The number of hydrogen-bond acceptors (Lipinski definition) is 2. The molecule has 2 aliphatic rings. The van der Waals surface area contributed by atoms with Gasteiger partial charge in [0.25, 0.3) is 0 Å². The molecule has 2 fully saturated rings. The summed E-state index contributed by atoms with van der Waals surface area (Å²) in [6.45, 7) is 3.76. The average Bonchev–Trinajstić information content (AvgIpc) is 2.57. The summed E-state index contributed by atoms with van der Waals surface area (Å²) in [5, 5.41) is 4.22. The topological polar surface area (TPSA) is 15.3 Å². The molecule has 1 atom stereocenters. The van der Waals surface area contributed by atoms with Crippen LogP contribution in [0.5, 0.6) is 0 Å². The molecular weight excluding hydrogens is 393 g/mol. The van der Waals surface area contributed by atoms with Crippen LogP contribution >= 0.6 is 48.0 Å². The quantitative estimate of drug-likeness (QED) is 0.652. The molecule has 24 heavy (non-hydrogen) atoms. The first kappa shape index (κ1) is 22.3. The van der Waals surface area contributed by atoms with Crippen LogP contribution in [0, 0.1) is 11.7 Å². The van der Waals surface area contributed by atoms with Crippen LogP contribution in [0.25, 0.3) is 0 Å². The fourth-order valence-electron chi connectivity index (χ4n) is 3.94. The van der Waals surface area contributed by atoms with E-state index in [1.165, 1.54) is 25.3 Å². The van der Waals surface area contributed by atoms with Crippen molar-refractivity contribution in [3.05, 3.63) is 33.6 Å². The van der Waals surface area contributed by atoms with Crippen molar-refractivity contribution in [2.75, 3.05) is 26.2 Å². The Hall–Kier alpha value is 0.230. The van der Waals surface area contributed by atoms with E-state index in [0.717, 1.165) is 39.0 Å². The molecule has 1 aromatic rings. The van der Waals surface area contributed by atoms with Gasteiger partial charge in [-0.25, -0.2) is 4.39 Å². The molecule has 0 spiro atoms. The van der Waals surface area contributed by atoms with Crippen molar-refractivity contribution in [2.45, 2.75) is 38.1 Å². The molecule has 1 aromatic carbocycles. The van der Waals surface area contributed by atoms with E-state index in [1.807, 2.05) is 0 Å². The van der Waals surface area contributed by atoms with E-state index in [2.05, 4.69) is 10.2 Å². The highest BCUT2D eigenvalue weighted by Gasteiger charge is 2.34. The van der Waals surface area contributed by atoms with E-state index in [4.69, 9.17) is 23.2 Å². The second-order valence-corrected chi connectivity index (χ2v) is 7.17. The van der Waals surface area contributed by atoms with Gasteiger partial charge in [0.05, 0.1) is 10.0 Å². The van der Waals surface area contributed by atoms with Crippen LogP contribution in [0.1, 0.15) is 43.7 Å². The summed E-state index contributed by atoms with van der Waals surface area (Å²) < 4.78 is 14.6. The molecular formula is C17H25Cl4FN2. The third kappa shape index (κ3) is 4.90. The number of hydrogen-bond donors (Lipinski definition) is 1. The standard InChI is InChI=1S/C17H23Cl2FN2.2ClH/c18-13-6-7-14(20)15(16(13)19)17(12-4-2-1-3-5-12)22-10-8-21-9-11-22;;/h6-7,12,17,21H,1-5,8-11H2;2*1H/t17-;;/m0../s1. The molecule has 1 saturated carbocycles. The van der Waals surface area contributed by atoms with E-state index in [-0.39, 0.29) is 36.7 Å². The van der Waals surface area contributed by atoms with Gasteiger partial charge in [-0.2, -0.15) is 0 Å². The third-order valence-corrected chi connectivity index (χ3v) is 5.84. The molecule has 7 heteroatoms. The predicted octanol–water partition coefficient (Wildman–Crippen LogP) is 5.50. The predicted molar refractivity (Wildman–Crippen MR) is 105 cm³/mol. The molecule has 138 valence electrons. The van der Waals surface area contributed by atoms with Gasteiger partial charge in [-0.15, -0.1) is 24.8 Å². The Morgan fingerprint density at radius 2 is 1.67 bits per heavy atom. The fourth-order valence-corrected chi connectivity index (χ4v) is 4.37. The van der Waals surface area contributed by atoms with E-state index in [1.54, 1.807) is 6.07 Å². The molecule has 1 aliphatic heterocycles. The van der Waals surface area contributed by atoms with Crippen LogP contribution in [-0.4, -0.2) is 31.1 Å². The third-order valence-electron chi connectivity index (χ3n) is 5.02. The van der Waals surface area contributed by atoms with Gasteiger partial charge in [-0.1, -0.05) is 42.5 Å². The summed E-state index contributed by atoms with van der Waals surface area (Å²) in [6, 6.07) is 3.06. The number of piperazine rings is 1. The van der Waals surface area contributed by atoms with E-state index >= 15 is 0 Å². The van der Waals surface area contributed by atoms with E-state index < -0.39 is 0 Å². The van der Waals surface area contributed by atoms with Gasteiger partial charge in [0, 0.05) is 37.8 Å². The monoisotopic (exact) mass is 416 g/mol. The van der Waals surface area contributed by atoms with Crippen molar-refractivity contribution >= 4 is 48.0 Å². The summed E-state index contributed by atoms with van der Waals surface area (Å²) in [4.78, 5) is 2.40.